The molecule has 11 rings (SSSR count). The average molecular weight is 721 g/mol. The van der Waals surface area contributed by atoms with Crippen LogP contribution in [0.1, 0.15) is 0 Å². The maximum Gasteiger partial charge on any atom is 0.161 e. The van der Waals surface area contributed by atoms with Crippen molar-refractivity contribution in [2.45, 2.75) is 0 Å². The molecule has 0 bridgehead atoms. The second-order valence-corrected chi connectivity index (χ2v) is 15.0. The van der Waals surface area contributed by atoms with E-state index in [1.54, 1.807) is 11.3 Å². The Bertz CT molecular complexity index is 3200. The minimum Gasteiger partial charge on any atom is -0.454 e. The number of para-hydroxylation sites is 1. The zero-order valence-corrected chi connectivity index (χ0v) is 30.5. The molecule has 0 amide bonds. The van der Waals surface area contributed by atoms with Crippen LogP contribution in [0, 0.1) is 0 Å². The molecule has 11 aromatic rings. The van der Waals surface area contributed by atoms with Gasteiger partial charge < -0.3 is 9.32 Å². The Kier molecular flexibility index (Phi) is 7.35. The van der Waals surface area contributed by atoms with Crippen molar-refractivity contribution >= 4 is 82.1 Å². The fourth-order valence-corrected chi connectivity index (χ4v) is 9.06. The summed E-state index contributed by atoms with van der Waals surface area (Å²) in [4.78, 5) is 7.81. The van der Waals surface area contributed by atoms with Crippen LogP contribution in [0.25, 0.3) is 86.5 Å². The maximum absolute atomic E-state index is 6.89. The van der Waals surface area contributed by atoms with E-state index in [9.17, 15) is 0 Å². The molecule has 2 aromatic heterocycles. The normalized spacial score (nSPS) is 11.6. The van der Waals surface area contributed by atoms with Gasteiger partial charge in [-0.3, -0.25) is 0 Å². The first kappa shape index (κ1) is 31.5. The predicted molar refractivity (Wildman–Crippen MR) is 233 cm³/mol. The first-order chi connectivity index (χ1) is 27.3. The van der Waals surface area contributed by atoms with E-state index < -0.39 is 0 Å². The lowest BCUT2D eigenvalue weighted by Crippen LogP contribution is -2.12. The molecule has 0 radical (unpaired) electrons. The first-order valence-electron chi connectivity index (χ1n) is 18.5. The number of furan rings is 1. The highest BCUT2D eigenvalue weighted by molar-refractivity contribution is 7.21. The second kappa shape index (κ2) is 12.8. The Hall–Kier alpha value is -7.01. The molecule has 4 heteroatoms. The molecule has 0 aliphatic heterocycles. The molecule has 0 N–H and O–H groups in total. The van der Waals surface area contributed by atoms with Crippen molar-refractivity contribution in [3.63, 3.8) is 0 Å². The molecule has 0 aliphatic rings. The lowest BCUT2D eigenvalue weighted by Gasteiger charge is -2.28. The number of anilines is 3. The molecule has 55 heavy (non-hydrogen) atoms. The van der Waals surface area contributed by atoms with Crippen LogP contribution < -0.4 is 4.90 Å². The van der Waals surface area contributed by atoms with Gasteiger partial charge in [-0.25, -0.2) is 4.98 Å². The van der Waals surface area contributed by atoms with Gasteiger partial charge in [-0.15, -0.1) is 11.3 Å². The maximum atomic E-state index is 6.89. The van der Waals surface area contributed by atoms with Crippen molar-refractivity contribution in [3.8, 4) is 32.8 Å². The van der Waals surface area contributed by atoms with Crippen LogP contribution in [0.5, 0.6) is 0 Å². The van der Waals surface area contributed by atoms with Crippen molar-refractivity contribution in [2.24, 2.45) is 0 Å². The number of thiazole rings is 1. The van der Waals surface area contributed by atoms with Crippen LogP contribution in [0.15, 0.2) is 199 Å². The minimum atomic E-state index is 0.813. The molecule has 0 aliphatic carbocycles. The van der Waals surface area contributed by atoms with Crippen molar-refractivity contribution in [3.05, 3.63) is 194 Å². The standard InChI is InChI=1S/C51H32N2OS/c1-3-13-33(14-4-1)35-25-27-39(28-26-35)53(45-30-29-40(41-19-9-10-20-42(41)45)38-24-23-34-15-7-8-18-37(34)31-38)49-48-47(55-51(52-48)36-16-5-2-6-17-36)32-44-43-21-11-12-22-46(43)54-50(44)49/h1-32H. The molecule has 0 unspecified atom stereocenters. The number of fused-ring (bicyclic) bond motifs is 6. The number of benzene rings is 9. The number of aromatic nitrogens is 1. The molecular formula is C51H32N2OS. The molecule has 0 saturated carbocycles. The van der Waals surface area contributed by atoms with Crippen molar-refractivity contribution in [1.29, 1.82) is 0 Å². The molecule has 3 nitrogen and oxygen atoms in total. The number of hydrogen-bond donors (Lipinski definition) is 0. The Morgan fingerprint density at radius 1 is 0.455 bits per heavy atom. The van der Waals surface area contributed by atoms with E-state index in [1.807, 2.05) is 6.07 Å². The van der Waals surface area contributed by atoms with E-state index in [-0.39, 0.29) is 0 Å². The summed E-state index contributed by atoms with van der Waals surface area (Å²) >= 11 is 1.72. The highest BCUT2D eigenvalue weighted by atomic mass is 32.1. The lowest BCUT2D eigenvalue weighted by molar-refractivity contribution is 0.669. The van der Waals surface area contributed by atoms with Gasteiger partial charge in [0.05, 0.1) is 10.4 Å². The molecule has 0 saturated heterocycles. The van der Waals surface area contributed by atoms with Crippen molar-refractivity contribution in [2.75, 3.05) is 4.90 Å². The van der Waals surface area contributed by atoms with Crippen LogP contribution in [0.3, 0.4) is 0 Å². The quantitative estimate of drug-likeness (QED) is 0.171. The summed E-state index contributed by atoms with van der Waals surface area (Å²) in [7, 11) is 0. The van der Waals surface area contributed by atoms with Crippen molar-refractivity contribution in [1.82, 2.24) is 4.98 Å². The largest absolute Gasteiger partial charge is 0.454 e. The summed E-state index contributed by atoms with van der Waals surface area (Å²) in [6.45, 7) is 0. The Morgan fingerprint density at radius 3 is 1.89 bits per heavy atom. The zero-order chi connectivity index (χ0) is 36.3. The summed E-state index contributed by atoms with van der Waals surface area (Å²) in [5.41, 5.74) is 11.4. The van der Waals surface area contributed by atoms with Crippen LogP contribution in [0.2, 0.25) is 0 Å². The molecule has 258 valence electrons. The molecule has 0 spiro atoms. The predicted octanol–water partition coefficient (Wildman–Crippen LogP) is 15.0. The fourth-order valence-electron chi connectivity index (χ4n) is 8.04. The van der Waals surface area contributed by atoms with Crippen LogP contribution in [-0.4, -0.2) is 4.98 Å². The minimum absolute atomic E-state index is 0.813. The van der Waals surface area contributed by atoms with E-state index in [0.717, 1.165) is 70.7 Å². The van der Waals surface area contributed by atoms with Crippen LogP contribution >= 0.6 is 11.3 Å². The SMILES string of the molecule is c1ccc(-c2ccc(N(c3ccc(-c4ccc5ccccc5c4)c4ccccc34)c3c4nc(-c5ccccc5)sc4cc4c3oc3ccccc34)cc2)cc1. The number of rotatable bonds is 6. The van der Waals surface area contributed by atoms with Gasteiger partial charge in [-0.05, 0) is 74.8 Å². The third-order valence-electron chi connectivity index (χ3n) is 10.7. The lowest BCUT2D eigenvalue weighted by atomic mass is 9.94. The summed E-state index contributed by atoms with van der Waals surface area (Å²) in [5, 5.41) is 7.92. The van der Waals surface area contributed by atoms with Gasteiger partial charge in [0.25, 0.3) is 0 Å². The Labute approximate surface area is 322 Å². The molecule has 0 atom stereocenters. The highest BCUT2D eigenvalue weighted by Crippen LogP contribution is 2.50. The van der Waals surface area contributed by atoms with Gasteiger partial charge in [-0.2, -0.15) is 0 Å². The summed E-state index contributed by atoms with van der Waals surface area (Å²) in [6, 6.07) is 69.2. The highest BCUT2D eigenvalue weighted by Gasteiger charge is 2.27. The van der Waals surface area contributed by atoms with E-state index in [2.05, 4.69) is 193 Å². The third kappa shape index (κ3) is 5.30. The Balaban J connectivity index is 1.21. The van der Waals surface area contributed by atoms with Gasteiger partial charge >= 0.3 is 0 Å². The molecular weight excluding hydrogens is 689 g/mol. The summed E-state index contributed by atoms with van der Waals surface area (Å²) in [6.07, 6.45) is 0. The topological polar surface area (TPSA) is 29.3 Å². The average Bonchev–Trinajstić information content (AvgIpc) is 3.86. The van der Waals surface area contributed by atoms with E-state index in [1.165, 1.54) is 32.8 Å². The van der Waals surface area contributed by atoms with Gasteiger partial charge in [0.15, 0.2) is 5.58 Å². The van der Waals surface area contributed by atoms with E-state index in [4.69, 9.17) is 9.40 Å². The van der Waals surface area contributed by atoms with Crippen LogP contribution in [-0.2, 0) is 0 Å². The van der Waals surface area contributed by atoms with Gasteiger partial charge in [0.1, 0.15) is 21.8 Å². The van der Waals surface area contributed by atoms with Crippen molar-refractivity contribution < 1.29 is 4.42 Å². The third-order valence-corrected chi connectivity index (χ3v) is 11.7. The number of nitrogens with zero attached hydrogens (tertiary/aromatic N) is 2. The zero-order valence-electron chi connectivity index (χ0n) is 29.7. The number of hydrogen-bond acceptors (Lipinski definition) is 4. The smallest absolute Gasteiger partial charge is 0.161 e. The van der Waals surface area contributed by atoms with E-state index in [0.29, 0.717) is 0 Å². The molecule has 0 fully saturated rings. The van der Waals surface area contributed by atoms with Gasteiger partial charge in [-0.1, -0.05) is 158 Å². The Morgan fingerprint density at radius 2 is 1.09 bits per heavy atom. The summed E-state index contributed by atoms with van der Waals surface area (Å²) < 4.78 is 8.00. The van der Waals surface area contributed by atoms with Gasteiger partial charge in [0.2, 0.25) is 0 Å². The van der Waals surface area contributed by atoms with E-state index >= 15 is 0 Å². The van der Waals surface area contributed by atoms with Gasteiger partial charge in [0, 0.05) is 27.4 Å². The molecule has 9 aromatic carbocycles. The fraction of sp³-hybridized carbons (Fsp3) is 0. The molecule has 2 heterocycles. The first-order valence-corrected chi connectivity index (χ1v) is 19.4. The second-order valence-electron chi connectivity index (χ2n) is 13.9. The monoisotopic (exact) mass is 720 g/mol. The summed E-state index contributed by atoms with van der Waals surface area (Å²) in [5.74, 6) is 0. The van der Waals surface area contributed by atoms with Crippen LogP contribution in [0.4, 0.5) is 17.1 Å².